The van der Waals surface area contributed by atoms with E-state index in [1.165, 1.54) is 32.9 Å². The molecule has 0 bridgehead atoms. The maximum Gasteiger partial charge on any atom is 0.237 e. The van der Waals surface area contributed by atoms with Crippen LogP contribution in [0.5, 0.6) is 0 Å². The Morgan fingerprint density at radius 1 is 0.270 bits per heavy atom. The zero-order chi connectivity index (χ0) is 41.4. The summed E-state index contributed by atoms with van der Waals surface area (Å²) in [7, 11) is 0. The maximum atomic E-state index is 5.62. The van der Waals surface area contributed by atoms with Crippen molar-refractivity contribution in [2.75, 3.05) is 0 Å². The van der Waals surface area contributed by atoms with E-state index in [0.29, 0.717) is 5.95 Å². The third kappa shape index (κ3) is 5.50. The molecule has 0 fully saturated rings. The lowest BCUT2D eigenvalue weighted by molar-refractivity contribution is 0.994. The fourth-order valence-electron chi connectivity index (χ4n) is 9.82. The minimum Gasteiger partial charge on any atom is -0.309 e. The van der Waals surface area contributed by atoms with Gasteiger partial charge in [0.2, 0.25) is 5.95 Å². The molecular formula is C58H37N5. The molecule has 0 unspecified atom stereocenters. The number of fused-ring (bicyclic) bond motifs is 9. The molecule has 4 aromatic heterocycles. The van der Waals surface area contributed by atoms with Gasteiger partial charge in [-0.2, -0.15) is 4.98 Å². The number of aromatic nitrogens is 5. The van der Waals surface area contributed by atoms with E-state index >= 15 is 0 Å². The molecule has 5 heteroatoms. The van der Waals surface area contributed by atoms with Gasteiger partial charge in [0.25, 0.3) is 0 Å². The van der Waals surface area contributed by atoms with Crippen molar-refractivity contribution >= 4 is 65.5 Å². The van der Waals surface area contributed by atoms with E-state index in [1.54, 1.807) is 0 Å². The van der Waals surface area contributed by atoms with Crippen molar-refractivity contribution in [3.05, 3.63) is 224 Å². The first-order chi connectivity index (χ1) is 31.3. The van der Waals surface area contributed by atoms with Crippen LogP contribution >= 0.6 is 0 Å². The quantitative estimate of drug-likeness (QED) is 0.168. The number of nitrogens with zero attached hydrogens (tertiary/aromatic N) is 5. The highest BCUT2D eigenvalue weighted by atomic mass is 15.2. The van der Waals surface area contributed by atoms with Gasteiger partial charge in [0.1, 0.15) is 0 Å². The molecule has 0 radical (unpaired) electrons. The van der Waals surface area contributed by atoms with Crippen molar-refractivity contribution in [1.82, 2.24) is 23.7 Å². The van der Waals surface area contributed by atoms with E-state index in [1.807, 2.05) is 0 Å². The molecule has 5 nitrogen and oxygen atoms in total. The molecule has 0 atom stereocenters. The molecule has 13 aromatic rings. The molecule has 0 amide bonds. The SMILES string of the molecule is c1ccc(-c2ccc3c(c2)c2ccccc2n3-c2nc(-c3ccccc3)c3c4cc(-c5ccc6c(c5)c5ccccc5n6-c5ccccc5)ccc4n(-c4ccccc4)c3n2)cc1. The zero-order valence-corrected chi connectivity index (χ0v) is 34.1. The molecule has 0 aliphatic heterocycles. The molecule has 4 heterocycles. The van der Waals surface area contributed by atoms with E-state index in [4.69, 9.17) is 9.97 Å². The van der Waals surface area contributed by atoms with E-state index < -0.39 is 0 Å². The molecule has 0 spiro atoms. The Kier molecular flexibility index (Phi) is 7.84. The number of para-hydroxylation sites is 4. The van der Waals surface area contributed by atoms with Crippen LogP contribution in [-0.2, 0) is 0 Å². The Hall–Kier alpha value is -8.54. The second-order valence-electron chi connectivity index (χ2n) is 16.2. The molecule has 0 aliphatic carbocycles. The molecule has 0 aliphatic rings. The van der Waals surface area contributed by atoms with Crippen LogP contribution in [0.1, 0.15) is 0 Å². The topological polar surface area (TPSA) is 40.6 Å². The van der Waals surface area contributed by atoms with Crippen LogP contribution in [-0.4, -0.2) is 23.7 Å². The molecule has 294 valence electrons. The summed E-state index contributed by atoms with van der Waals surface area (Å²) in [5.74, 6) is 0.625. The Morgan fingerprint density at radius 3 is 1.27 bits per heavy atom. The minimum atomic E-state index is 0.625. The Morgan fingerprint density at radius 2 is 0.683 bits per heavy atom. The van der Waals surface area contributed by atoms with E-state index in [-0.39, 0.29) is 0 Å². The van der Waals surface area contributed by atoms with Gasteiger partial charge in [-0.1, -0.05) is 152 Å². The molecule has 63 heavy (non-hydrogen) atoms. The van der Waals surface area contributed by atoms with Gasteiger partial charge in [-0.25, -0.2) is 4.98 Å². The normalized spacial score (nSPS) is 11.8. The average Bonchev–Trinajstić information content (AvgIpc) is 3.99. The smallest absolute Gasteiger partial charge is 0.237 e. The summed E-state index contributed by atoms with van der Waals surface area (Å²) in [5, 5.41) is 6.88. The van der Waals surface area contributed by atoms with Crippen LogP contribution in [0.4, 0.5) is 0 Å². The lowest BCUT2D eigenvalue weighted by Crippen LogP contribution is -2.05. The highest BCUT2D eigenvalue weighted by Gasteiger charge is 2.24. The zero-order valence-electron chi connectivity index (χ0n) is 34.1. The van der Waals surface area contributed by atoms with Gasteiger partial charge in [0, 0.05) is 43.9 Å². The summed E-state index contributed by atoms with van der Waals surface area (Å²) in [4.78, 5) is 11.2. The summed E-state index contributed by atoms with van der Waals surface area (Å²) >= 11 is 0. The standard InChI is InChI=1S/C58H37N5/c1-5-17-38(18-6-1)40-29-33-53-48(35-40)46-26-14-16-28-51(46)63(53)58-59-56(39-19-7-2-8-20-39)55-49-37-42(31-34-54(49)62(57(55)60-58)44-23-11-4-12-24-44)41-30-32-52-47(36-41)45-25-13-15-27-50(45)61(52)43-21-9-3-10-22-43/h1-37H. The fraction of sp³-hybridized carbons (Fsp3) is 0. The van der Waals surface area contributed by atoms with E-state index in [0.717, 1.165) is 77.5 Å². The number of benzene rings is 9. The third-order valence-corrected chi connectivity index (χ3v) is 12.7. The number of hydrogen-bond donors (Lipinski definition) is 0. The van der Waals surface area contributed by atoms with Crippen LogP contribution in [0.2, 0.25) is 0 Å². The second kappa shape index (κ2) is 14.0. The molecule has 0 N–H and O–H groups in total. The molecule has 9 aromatic carbocycles. The van der Waals surface area contributed by atoms with Crippen LogP contribution in [0, 0.1) is 0 Å². The minimum absolute atomic E-state index is 0.625. The summed E-state index contributed by atoms with van der Waals surface area (Å²) in [5.41, 5.74) is 15.2. The number of hydrogen-bond acceptors (Lipinski definition) is 2. The lowest BCUT2D eigenvalue weighted by atomic mass is 9.99. The van der Waals surface area contributed by atoms with Crippen LogP contribution in [0.15, 0.2) is 224 Å². The first-order valence-corrected chi connectivity index (χ1v) is 21.4. The van der Waals surface area contributed by atoms with Gasteiger partial charge in [0.15, 0.2) is 5.65 Å². The predicted molar refractivity (Wildman–Crippen MR) is 261 cm³/mol. The largest absolute Gasteiger partial charge is 0.309 e. The highest BCUT2D eigenvalue weighted by molar-refractivity contribution is 6.16. The van der Waals surface area contributed by atoms with E-state index in [9.17, 15) is 0 Å². The fourth-order valence-corrected chi connectivity index (χ4v) is 9.82. The first kappa shape index (κ1) is 35.2. The maximum absolute atomic E-state index is 5.62. The molecule has 0 saturated heterocycles. The van der Waals surface area contributed by atoms with Crippen LogP contribution < -0.4 is 0 Å². The van der Waals surface area contributed by atoms with Gasteiger partial charge < -0.3 is 4.57 Å². The van der Waals surface area contributed by atoms with Crippen molar-refractivity contribution in [1.29, 1.82) is 0 Å². The summed E-state index contributed by atoms with van der Waals surface area (Å²) in [6, 6.07) is 80.2. The third-order valence-electron chi connectivity index (χ3n) is 12.7. The monoisotopic (exact) mass is 803 g/mol. The van der Waals surface area contributed by atoms with Crippen molar-refractivity contribution in [3.63, 3.8) is 0 Å². The number of rotatable bonds is 6. The van der Waals surface area contributed by atoms with Gasteiger partial charge in [-0.3, -0.25) is 9.13 Å². The van der Waals surface area contributed by atoms with Crippen molar-refractivity contribution in [3.8, 4) is 50.8 Å². The predicted octanol–water partition coefficient (Wildman–Crippen LogP) is 14.8. The summed E-state index contributed by atoms with van der Waals surface area (Å²) < 4.78 is 6.92. The second-order valence-corrected chi connectivity index (χ2v) is 16.2. The Balaban J connectivity index is 1.08. The molecular weight excluding hydrogens is 767 g/mol. The van der Waals surface area contributed by atoms with Crippen LogP contribution in [0.3, 0.4) is 0 Å². The Bertz CT molecular complexity index is 3880. The summed E-state index contributed by atoms with van der Waals surface area (Å²) in [6.07, 6.45) is 0. The molecule has 0 saturated carbocycles. The van der Waals surface area contributed by atoms with Crippen molar-refractivity contribution in [2.45, 2.75) is 0 Å². The molecule has 13 rings (SSSR count). The van der Waals surface area contributed by atoms with E-state index in [2.05, 4.69) is 238 Å². The van der Waals surface area contributed by atoms with Crippen molar-refractivity contribution in [2.24, 2.45) is 0 Å². The summed E-state index contributed by atoms with van der Waals surface area (Å²) in [6.45, 7) is 0. The average molecular weight is 804 g/mol. The van der Waals surface area contributed by atoms with Crippen LogP contribution in [0.25, 0.3) is 116 Å². The van der Waals surface area contributed by atoms with Gasteiger partial charge in [-0.15, -0.1) is 0 Å². The van der Waals surface area contributed by atoms with Gasteiger partial charge >= 0.3 is 0 Å². The Labute approximate surface area is 363 Å². The van der Waals surface area contributed by atoms with Gasteiger partial charge in [0.05, 0.1) is 38.7 Å². The van der Waals surface area contributed by atoms with Crippen molar-refractivity contribution < 1.29 is 0 Å². The highest BCUT2D eigenvalue weighted by Crippen LogP contribution is 2.42. The lowest BCUT2D eigenvalue weighted by Gasteiger charge is -2.12. The first-order valence-electron chi connectivity index (χ1n) is 21.4. The van der Waals surface area contributed by atoms with Gasteiger partial charge in [-0.05, 0) is 95.1 Å².